The summed E-state index contributed by atoms with van der Waals surface area (Å²) in [7, 11) is 0. The van der Waals surface area contributed by atoms with Gasteiger partial charge in [0.1, 0.15) is 0 Å². The second-order valence-electron chi connectivity index (χ2n) is 5.37. The monoisotopic (exact) mass is 359 g/mol. The normalized spacial score (nSPS) is 22.7. The number of carbonyl (C=O) groups is 1. The van der Waals surface area contributed by atoms with E-state index in [1.54, 1.807) is 0 Å². The van der Waals surface area contributed by atoms with Crippen LogP contribution < -0.4 is 5.32 Å². The summed E-state index contributed by atoms with van der Waals surface area (Å²) in [5.74, 6) is -0.597. The number of rotatable bonds is 5. The highest BCUT2D eigenvalue weighted by atomic mass is 79.9. The molecular weight excluding hydrogens is 342 g/mol. The second kappa shape index (κ2) is 7.43. The summed E-state index contributed by atoms with van der Waals surface area (Å²) in [5.41, 5.74) is 1.11. The Morgan fingerprint density at radius 2 is 2.15 bits per heavy atom. The van der Waals surface area contributed by atoms with Crippen molar-refractivity contribution in [3.05, 3.63) is 33.3 Å². The molecule has 2 rings (SSSR count). The van der Waals surface area contributed by atoms with Gasteiger partial charge >= 0.3 is 5.97 Å². The molecule has 1 aromatic carbocycles. The molecule has 1 aromatic rings. The number of hydrogen-bond donors (Lipinski definition) is 2. The number of nitrogens with one attached hydrogen (secondary N) is 1. The van der Waals surface area contributed by atoms with Crippen molar-refractivity contribution in [2.75, 3.05) is 6.54 Å². The maximum absolute atomic E-state index is 11.2. The van der Waals surface area contributed by atoms with Gasteiger partial charge in [-0.05, 0) is 58.9 Å². The van der Waals surface area contributed by atoms with Crippen molar-refractivity contribution < 1.29 is 9.90 Å². The molecule has 0 heterocycles. The Kier molecular flexibility index (Phi) is 5.87. The third-order valence-electron chi connectivity index (χ3n) is 3.95. The zero-order valence-corrected chi connectivity index (χ0v) is 13.6. The predicted molar refractivity (Wildman–Crippen MR) is 83.9 cm³/mol. The first-order valence-corrected chi connectivity index (χ1v) is 8.12. The van der Waals surface area contributed by atoms with Crippen molar-refractivity contribution in [1.29, 1.82) is 0 Å². The van der Waals surface area contributed by atoms with Crippen LogP contribution in [0.4, 0.5) is 0 Å². The number of hydrogen-bond acceptors (Lipinski definition) is 2. The Bertz CT molecular complexity index is 481. The van der Waals surface area contributed by atoms with Crippen LogP contribution in [0.25, 0.3) is 0 Å². The van der Waals surface area contributed by atoms with E-state index in [-0.39, 0.29) is 11.8 Å². The molecule has 0 radical (unpaired) electrons. The van der Waals surface area contributed by atoms with Gasteiger partial charge in [-0.25, -0.2) is 0 Å². The number of aliphatic carboxylic acids is 1. The van der Waals surface area contributed by atoms with Gasteiger partial charge in [0.25, 0.3) is 0 Å². The van der Waals surface area contributed by atoms with Crippen LogP contribution in [0.1, 0.15) is 31.2 Å². The van der Waals surface area contributed by atoms with Crippen molar-refractivity contribution in [1.82, 2.24) is 5.32 Å². The molecule has 1 aliphatic rings. The number of benzene rings is 1. The van der Waals surface area contributed by atoms with Crippen LogP contribution >= 0.6 is 27.5 Å². The fourth-order valence-corrected chi connectivity index (χ4v) is 3.28. The highest BCUT2D eigenvalue weighted by Gasteiger charge is 2.30. The zero-order chi connectivity index (χ0) is 14.5. The minimum Gasteiger partial charge on any atom is -0.481 e. The van der Waals surface area contributed by atoms with Gasteiger partial charge < -0.3 is 10.4 Å². The molecule has 3 nitrogen and oxygen atoms in total. The molecule has 1 aliphatic carbocycles. The van der Waals surface area contributed by atoms with Crippen molar-refractivity contribution in [2.24, 2.45) is 11.8 Å². The van der Waals surface area contributed by atoms with E-state index < -0.39 is 5.97 Å². The van der Waals surface area contributed by atoms with Crippen LogP contribution in [-0.4, -0.2) is 17.6 Å². The van der Waals surface area contributed by atoms with E-state index in [2.05, 4.69) is 21.2 Å². The fourth-order valence-electron chi connectivity index (χ4n) is 2.83. The van der Waals surface area contributed by atoms with Gasteiger partial charge in [-0.3, -0.25) is 4.79 Å². The van der Waals surface area contributed by atoms with E-state index in [1.165, 1.54) is 0 Å². The molecule has 0 spiro atoms. The van der Waals surface area contributed by atoms with Crippen LogP contribution in [0.2, 0.25) is 5.02 Å². The summed E-state index contributed by atoms with van der Waals surface area (Å²) in [5, 5.41) is 13.3. The Labute approximate surface area is 132 Å². The second-order valence-corrected chi connectivity index (χ2v) is 6.63. The average molecular weight is 361 g/mol. The van der Waals surface area contributed by atoms with Gasteiger partial charge in [0.2, 0.25) is 0 Å². The Morgan fingerprint density at radius 3 is 2.85 bits per heavy atom. The molecule has 2 unspecified atom stereocenters. The first kappa shape index (κ1) is 15.8. The Balaban J connectivity index is 1.85. The van der Waals surface area contributed by atoms with Gasteiger partial charge in [0.05, 0.1) is 10.9 Å². The van der Waals surface area contributed by atoms with E-state index in [0.29, 0.717) is 5.02 Å². The predicted octanol–water partition coefficient (Wildman–Crippen LogP) is 4.08. The molecule has 2 N–H and O–H groups in total. The quantitative estimate of drug-likeness (QED) is 0.831. The molecule has 0 bridgehead atoms. The van der Waals surface area contributed by atoms with E-state index in [4.69, 9.17) is 11.6 Å². The average Bonchev–Trinajstić information content (AvgIpc) is 2.43. The molecule has 0 aliphatic heterocycles. The molecule has 2 atom stereocenters. The number of carboxylic acids is 1. The topological polar surface area (TPSA) is 49.3 Å². The van der Waals surface area contributed by atoms with Gasteiger partial charge in [-0.15, -0.1) is 0 Å². The largest absolute Gasteiger partial charge is 0.481 e. The lowest BCUT2D eigenvalue weighted by Gasteiger charge is -2.28. The van der Waals surface area contributed by atoms with Crippen LogP contribution in [0.3, 0.4) is 0 Å². The summed E-state index contributed by atoms with van der Waals surface area (Å²) < 4.78 is 0.890. The van der Waals surface area contributed by atoms with Gasteiger partial charge in [-0.1, -0.05) is 30.5 Å². The summed E-state index contributed by atoms with van der Waals surface area (Å²) in [6, 6.07) is 5.87. The van der Waals surface area contributed by atoms with Crippen LogP contribution in [0.15, 0.2) is 22.7 Å². The van der Waals surface area contributed by atoms with E-state index in [9.17, 15) is 9.90 Å². The third-order valence-corrected chi connectivity index (χ3v) is 5.18. The Hall–Kier alpha value is -0.580. The summed E-state index contributed by atoms with van der Waals surface area (Å²) >= 11 is 9.42. The third kappa shape index (κ3) is 4.21. The first-order valence-electron chi connectivity index (χ1n) is 6.95. The lowest BCUT2D eigenvalue weighted by atomic mass is 9.79. The molecule has 110 valence electrons. The highest BCUT2D eigenvalue weighted by molar-refractivity contribution is 9.10. The summed E-state index contributed by atoms with van der Waals surface area (Å²) in [6.07, 6.45) is 3.99. The minimum atomic E-state index is -0.650. The molecular formula is C15H19BrClNO2. The molecule has 1 saturated carbocycles. The summed E-state index contributed by atoms with van der Waals surface area (Å²) in [6.45, 7) is 1.47. The van der Waals surface area contributed by atoms with E-state index in [0.717, 1.165) is 48.8 Å². The van der Waals surface area contributed by atoms with Crippen molar-refractivity contribution in [2.45, 2.75) is 32.2 Å². The molecule has 0 amide bonds. The first-order chi connectivity index (χ1) is 9.58. The van der Waals surface area contributed by atoms with Crippen molar-refractivity contribution >= 4 is 33.5 Å². The lowest BCUT2D eigenvalue weighted by Crippen LogP contribution is -2.34. The van der Waals surface area contributed by atoms with Crippen LogP contribution in [0, 0.1) is 11.8 Å². The van der Waals surface area contributed by atoms with Crippen LogP contribution in [-0.2, 0) is 11.3 Å². The van der Waals surface area contributed by atoms with E-state index >= 15 is 0 Å². The molecule has 1 fully saturated rings. The molecule has 0 saturated heterocycles. The highest BCUT2D eigenvalue weighted by Crippen LogP contribution is 2.30. The fraction of sp³-hybridized carbons (Fsp3) is 0.533. The minimum absolute atomic E-state index is 0.190. The summed E-state index contributed by atoms with van der Waals surface area (Å²) in [4.78, 5) is 11.2. The number of carboxylic acid groups (broad SMARTS) is 1. The molecule has 0 aromatic heterocycles. The zero-order valence-electron chi connectivity index (χ0n) is 11.2. The maximum Gasteiger partial charge on any atom is 0.306 e. The Morgan fingerprint density at radius 1 is 1.40 bits per heavy atom. The smallest absolute Gasteiger partial charge is 0.306 e. The van der Waals surface area contributed by atoms with Crippen molar-refractivity contribution in [3.63, 3.8) is 0 Å². The molecule has 5 heteroatoms. The van der Waals surface area contributed by atoms with Crippen molar-refractivity contribution in [3.8, 4) is 0 Å². The van der Waals surface area contributed by atoms with Gasteiger partial charge in [-0.2, -0.15) is 0 Å². The lowest BCUT2D eigenvalue weighted by molar-refractivity contribution is -0.144. The standard InChI is InChI=1S/C15H19BrClNO2/c16-13-6-5-10(7-14(13)17)8-18-9-11-3-1-2-4-12(11)15(19)20/h5-7,11-12,18H,1-4,8-9H2,(H,19,20). The number of halogens is 2. The maximum atomic E-state index is 11.2. The van der Waals surface area contributed by atoms with Gasteiger partial charge in [0, 0.05) is 11.0 Å². The van der Waals surface area contributed by atoms with Crippen LogP contribution in [0.5, 0.6) is 0 Å². The SMILES string of the molecule is O=C(O)C1CCCCC1CNCc1ccc(Br)c(Cl)c1. The molecule has 20 heavy (non-hydrogen) atoms. The van der Waals surface area contributed by atoms with E-state index in [1.807, 2.05) is 18.2 Å². The van der Waals surface area contributed by atoms with Gasteiger partial charge in [0.15, 0.2) is 0 Å².